The molecule has 2 aromatic carbocycles. The van der Waals surface area contributed by atoms with Gasteiger partial charge in [0.25, 0.3) is 17.3 Å². The molecule has 1 aromatic heterocycles. The molecule has 242 valence electrons. The van der Waals surface area contributed by atoms with E-state index in [9.17, 15) is 81.0 Å². The largest absolute Gasteiger partial charge is 0.504 e. The van der Waals surface area contributed by atoms with Crippen LogP contribution in [0.3, 0.4) is 0 Å². The quantitative estimate of drug-likeness (QED) is 0.0621. The molecule has 2 heterocycles. The lowest BCUT2D eigenvalue weighted by atomic mass is 9.75. The maximum atomic E-state index is 14.7. The third kappa shape index (κ3) is 4.76. The first kappa shape index (κ1) is 33.4. The van der Waals surface area contributed by atoms with E-state index in [2.05, 4.69) is 36.0 Å². The molecular weight excluding hydrogens is 679 g/mol. The standard InChI is InChI=1S/C21H22BrFN4O17/c22-8-11(28)9(23)10(13(30)12(8)29)26-14-4-1-6(43-16(32)33)7(2-5(4)24-3-25-14)44-21(41,42)18(36)17(34,35)15(31)27-20(39,40)19(18,37)38/h1-3,15-16,27-42H,(H,24,25,26). The van der Waals surface area contributed by atoms with Crippen LogP contribution in [0.25, 0.3) is 10.9 Å². The number of phenols is 3. The number of piperidine rings is 1. The van der Waals surface area contributed by atoms with Crippen molar-refractivity contribution in [2.75, 3.05) is 5.32 Å². The zero-order chi connectivity index (χ0) is 33.4. The summed E-state index contributed by atoms with van der Waals surface area (Å²) in [5, 5.41) is 154. The van der Waals surface area contributed by atoms with Crippen LogP contribution in [0.1, 0.15) is 0 Å². The fourth-order valence-corrected chi connectivity index (χ4v) is 4.49. The van der Waals surface area contributed by atoms with E-state index < -0.39 is 97.8 Å². The minimum atomic E-state index is -4.91. The number of ether oxygens (including phenoxy) is 2. The zero-order valence-corrected chi connectivity index (χ0v) is 22.6. The zero-order valence-electron chi connectivity index (χ0n) is 21.1. The average Bonchev–Trinajstić information content (AvgIpc) is 2.91. The topological polar surface area (TPSA) is 372 Å². The maximum absolute atomic E-state index is 14.7. The van der Waals surface area contributed by atoms with E-state index >= 15 is 0 Å². The first-order valence-electron chi connectivity index (χ1n) is 11.4. The number of aromatic nitrogens is 2. The van der Waals surface area contributed by atoms with E-state index in [4.69, 9.17) is 4.74 Å². The summed E-state index contributed by atoms with van der Waals surface area (Å²) in [4.78, 5) is 7.56. The molecule has 1 aliphatic rings. The molecule has 44 heavy (non-hydrogen) atoms. The number of nitrogens with zero attached hydrogens (tertiary/aromatic N) is 2. The summed E-state index contributed by atoms with van der Waals surface area (Å²) in [7, 11) is 0. The molecule has 0 spiro atoms. The fourth-order valence-electron chi connectivity index (χ4n) is 4.13. The molecule has 3 aromatic rings. The highest BCUT2D eigenvalue weighted by Crippen LogP contribution is 2.50. The molecule has 0 aliphatic carbocycles. The highest BCUT2D eigenvalue weighted by Gasteiger charge is 2.85. The number of benzene rings is 2. The molecule has 1 aliphatic heterocycles. The van der Waals surface area contributed by atoms with Gasteiger partial charge in [0.1, 0.15) is 22.3 Å². The van der Waals surface area contributed by atoms with Crippen molar-refractivity contribution in [3.05, 3.63) is 28.7 Å². The smallest absolute Gasteiger partial charge is 0.364 e. The van der Waals surface area contributed by atoms with Crippen molar-refractivity contribution in [1.29, 1.82) is 0 Å². The van der Waals surface area contributed by atoms with Crippen molar-refractivity contribution in [2.45, 2.75) is 41.8 Å². The predicted octanol–water partition coefficient (Wildman–Crippen LogP) is -5.29. The first-order chi connectivity index (χ1) is 20.0. The van der Waals surface area contributed by atoms with Crippen LogP contribution in [0.5, 0.6) is 28.7 Å². The number of anilines is 2. The molecule has 23 heteroatoms. The van der Waals surface area contributed by atoms with Gasteiger partial charge in [0.2, 0.25) is 5.79 Å². The van der Waals surface area contributed by atoms with E-state index in [1.165, 1.54) is 0 Å². The summed E-state index contributed by atoms with van der Waals surface area (Å²) in [5.41, 5.74) is -6.25. The molecule has 4 rings (SSSR count). The number of phenolic OH excluding ortho intramolecular Hbond substituents is 3. The molecule has 21 nitrogen and oxygen atoms in total. The summed E-state index contributed by atoms with van der Waals surface area (Å²) in [5.74, 6) is -25.9. The molecule has 0 bridgehead atoms. The Hall–Kier alpha value is -3.53. The Balaban J connectivity index is 1.88. The summed E-state index contributed by atoms with van der Waals surface area (Å²) in [6, 6.07) is 1.29. The van der Waals surface area contributed by atoms with Crippen molar-refractivity contribution in [3.63, 3.8) is 0 Å². The van der Waals surface area contributed by atoms with Crippen LogP contribution in [0.15, 0.2) is 22.9 Å². The van der Waals surface area contributed by atoms with Crippen LogP contribution < -0.4 is 20.1 Å². The molecule has 17 N–H and O–H groups in total. The van der Waals surface area contributed by atoms with Gasteiger partial charge in [0, 0.05) is 11.5 Å². The number of nitrogens with one attached hydrogen (secondary N) is 2. The van der Waals surface area contributed by atoms with Crippen LogP contribution in [0.4, 0.5) is 15.9 Å². The number of hydrogen-bond donors (Lipinski definition) is 17. The van der Waals surface area contributed by atoms with Crippen molar-refractivity contribution in [1.82, 2.24) is 15.3 Å². The number of aliphatic hydroxyl groups is 12. The number of hydrogen-bond acceptors (Lipinski definition) is 21. The van der Waals surface area contributed by atoms with E-state index in [0.29, 0.717) is 12.1 Å². The Bertz CT molecular complexity index is 1590. The number of rotatable bonds is 7. The van der Waals surface area contributed by atoms with Gasteiger partial charge in [-0.1, -0.05) is 0 Å². The Morgan fingerprint density at radius 1 is 0.955 bits per heavy atom. The number of halogens is 2. The van der Waals surface area contributed by atoms with Crippen molar-refractivity contribution in [2.24, 2.45) is 0 Å². The number of fused-ring (bicyclic) bond motifs is 1. The van der Waals surface area contributed by atoms with Gasteiger partial charge in [-0.05, 0) is 22.0 Å². The van der Waals surface area contributed by atoms with Crippen molar-refractivity contribution >= 4 is 38.3 Å². The van der Waals surface area contributed by atoms with Gasteiger partial charge in [0.15, 0.2) is 40.8 Å². The van der Waals surface area contributed by atoms with Gasteiger partial charge < -0.3 is 91.4 Å². The summed E-state index contributed by atoms with van der Waals surface area (Å²) >= 11 is 2.66. The van der Waals surface area contributed by atoms with E-state index in [-0.39, 0.29) is 5.39 Å². The second-order valence-electron chi connectivity index (χ2n) is 9.19. The van der Waals surface area contributed by atoms with Gasteiger partial charge >= 0.3 is 12.4 Å². The molecule has 1 fully saturated rings. The molecule has 2 atom stereocenters. The van der Waals surface area contributed by atoms with Crippen molar-refractivity contribution < 1.29 is 90.5 Å². The Morgan fingerprint density at radius 3 is 2.16 bits per heavy atom. The van der Waals surface area contributed by atoms with Gasteiger partial charge in [-0.3, -0.25) is 0 Å². The molecule has 0 amide bonds. The second kappa shape index (κ2) is 10.5. The van der Waals surface area contributed by atoms with Crippen LogP contribution in [0.2, 0.25) is 0 Å². The lowest BCUT2D eigenvalue weighted by Gasteiger charge is -2.58. The number of aromatic hydroxyl groups is 3. The van der Waals surface area contributed by atoms with Crippen LogP contribution in [0, 0.1) is 5.82 Å². The minimum Gasteiger partial charge on any atom is -0.504 e. The molecular formula is C21H22BrFN4O17. The highest BCUT2D eigenvalue weighted by molar-refractivity contribution is 9.10. The third-order valence-electron chi connectivity index (χ3n) is 6.45. The van der Waals surface area contributed by atoms with Gasteiger partial charge in [-0.2, -0.15) is 0 Å². The second-order valence-corrected chi connectivity index (χ2v) is 9.99. The lowest BCUT2D eigenvalue weighted by molar-refractivity contribution is -0.565. The molecule has 1 saturated heterocycles. The highest BCUT2D eigenvalue weighted by atomic mass is 79.9. The Morgan fingerprint density at radius 2 is 1.57 bits per heavy atom. The SMILES string of the molecule is Oc1c(O)c(Nc2ncnc3cc(OC(O)(O)C4(O)C(O)(O)C(O)NC(O)(O)C4(O)O)c(OC(O)O)cc23)c(F)c(O)c1Br. The Kier molecular flexibility index (Phi) is 7.99. The van der Waals surface area contributed by atoms with Crippen LogP contribution >= 0.6 is 15.9 Å². The number of aliphatic hydroxyl groups excluding tert-OH is 2. The predicted molar refractivity (Wildman–Crippen MR) is 134 cm³/mol. The summed E-state index contributed by atoms with van der Waals surface area (Å²) in [6.07, 6.45) is -2.41. The van der Waals surface area contributed by atoms with E-state index in [1.807, 2.05) is 0 Å². The monoisotopic (exact) mass is 700 g/mol. The summed E-state index contributed by atoms with van der Waals surface area (Å²) < 4.78 is 23.5. The molecule has 0 saturated carbocycles. The lowest BCUT2D eigenvalue weighted by Crippen LogP contribution is -2.94. The van der Waals surface area contributed by atoms with E-state index in [1.54, 1.807) is 0 Å². The average molecular weight is 701 g/mol. The van der Waals surface area contributed by atoms with Gasteiger partial charge in [-0.25, -0.2) is 19.7 Å². The Labute approximate surface area is 248 Å². The maximum Gasteiger partial charge on any atom is 0.364 e. The van der Waals surface area contributed by atoms with Gasteiger partial charge in [0.05, 0.1) is 5.52 Å². The van der Waals surface area contributed by atoms with Crippen LogP contribution in [-0.4, -0.2) is 128 Å². The first-order valence-corrected chi connectivity index (χ1v) is 12.2. The molecule has 2 unspecified atom stereocenters. The van der Waals surface area contributed by atoms with Crippen LogP contribution in [-0.2, 0) is 0 Å². The van der Waals surface area contributed by atoms with Gasteiger partial charge in [-0.15, -0.1) is 0 Å². The third-order valence-corrected chi connectivity index (χ3v) is 7.20. The minimum absolute atomic E-state index is 0.323. The normalized spacial score (nSPS) is 22.7. The summed E-state index contributed by atoms with van der Waals surface area (Å²) in [6.45, 7) is -2.75. The van der Waals surface area contributed by atoms with Crippen molar-refractivity contribution in [3.8, 4) is 28.7 Å². The van der Waals surface area contributed by atoms with E-state index in [0.717, 1.165) is 11.6 Å². The fraction of sp³-hybridized carbons (Fsp3) is 0.333. The molecule has 0 radical (unpaired) electrons.